The van der Waals surface area contributed by atoms with Crippen molar-refractivity contribution in [3.63, 3.8) is 0 Å². The lowest BCUT2D eigenvalue weighted by molar-refractivity contribution is -0.135. The SMILES string of the molecule is Cc1ccc(F)cc1C(=O)CCCC(F)(F)F. The monoisotopic (exact) mass is 248 g/mol. The van der Waals surface area contributed by atoms with E-state index in [1.54, 1.807) is 6.92 Å². The first-order valence-corrected chi connectivity index (χ1v) is 5.16. The second-order valence-electron chi connectivity index (χ2n) is 3.85. The van der Waals surface area contributed by atoms with Gasteiger partial charge in [0, 0.05) is 18.4 Å². The number of ketones is 1. The highest BCUT2D eigenvalue weighted by molar-refractivity contribution is 5.97. The van der Waals surface area contributed by atoms with Crippen LogP contribution in [0.1, 0.15) is 35.2 Å². The minimum Gasteiger partial charge on any atom is -0.294 e. The third-order valence-electron chi connectivity index (χ3n) is 2.36. The molecule has 17 heavy (non-hydrogen) atoms. The topological polar surface area (TPSA) is 17.1 Å². The number of hydrogen-bond donors (Lipinski definition) is 0. The zero-order chi connectivity index (χ0) is 13.1. The van der Waals surface area contributed by atoms with Gasteiger partial charge in [0.2, 0.25) is 0 Å². The molecule has 0 aliphatic carbocycles. The summed E-state index contributed by atoms with van der Waals surface area (Å²) in [5, 5.41) is 0. The quantitative estimate of drug-likeness (QED) is 0.580. The van der Waals surface area contributed by atoms with Crippen LogP contribution in [0, 0.1) is 12.7 Å². The minimum atomic E-state index is -4.25. The summed E-state index contributed by atoms with van der Waals surface area (Å²) < 4.78 is 48.5. The number of aryl methyl sites for hydroxylation is 1. The zero-order valence-corrected chi connectivity index (χ0v) is 9.27. The Hall–Kier alpha value is -1.39. The van der Waals surface area contributed by atoms with Crippen LogP contribution in [-0.2, 0) is 0 Å². The van der Waals surface area contributed by atoms with Crippen LogP contribution in [0.2, 0.25) is 0 Å². The first-order chi connectivity index (χ1) is 7.79. The number of rotatable bonds is 4. The van der Waals surface area contributed by atoms with Gasteiger partial charge in [-0.05, 0) is 31.0 Å². The molecule has 94 valence electrons. The maximum Gasteiger partial charge on any atom is 0.389 e. The molecule has 1 nitrogen and oxygen atoms in total. The van der Waals surface area contributed by atoms with E-state index in [9.17, 15) is 22.4 Å². The van der Waals surface area contributed by atoms with Crippen LogP contribution >= 0.6 is 0 Å². The van der Waals surface area contributed by atoms with Crippen LogP contribution in [0.3, 0.4) is 0 Å². The number of benzene rings is 1. The molecule has 0 aliphatic rings. The molecule has 0 radical (unpaired) electrons. The van der Waals surface area contributed by atoms with Crippen molar-refractivity contribution in [1.29, 1.82) is 0 Å². The Morgan fingerprint density at radius 2 is 1.94 bits per heavy atom. The van der Waals surface area contributed by atoms with Crippen LogP contribution < -0.4 is 0 Å². The van der Waals surface area contributed by atoms with Crippen LogP contribution in [0.15, 0.2) is 18.2 Å². The Bertz CT molecular complexity index is 409. The molecular formula is C12H12F4O. The van der Waals surface area contributed by atoms with Gasteiger partial charge in [-0.1, -0.05) is 6.07 Å². The van der Waals surface area contributed by atoms with E-state index in [-0.39, 0.29) is 18.4 Å². The number of Topliss-reactive ketones (excluding diaryl/α,β-unsaturated/α-hetero) is 1. The third-order valence-corrected chi connectivity index (χ3v) is 2.36. The Balaban J connectivity index is 2.61. The number of carbonyl (C=O) groups excluding carboxylic acids is 1. The lowest BCUT2D eigenvalue weighted by atomic mass is 10.0. The van der Waals surface area contributed by atoms with Crippen molar-refractivity contribution in [2.24, 2.45) is 0 Å². The fraction of sp³-hybridized carbons (Fsp3) is 0.417. The highest BCUT2D eigenvalue weighted by Gasteiger charge is 2.26. The van der Waals surface area contributed by atoms with Crippen molar-refractivity contribution in [3.8, 4) is 0 Å². The van der Waals surface area contributed by atoms with Crippen molar-refractivity contribution < 1.29 is 22.4 Å². The minimum absolute atomic E-state index is 0.159. The highest BCUT2D eigenvalue weighted by Crippen LogP contribution is 2.23. The Morgan fingerprint density at radius 3 is 2.53 bits per heavy atom. The molecule has 0 aliphatic heterocycles. The molecule has 0 spiro atoms. The smallest absolute Gasteiger partial charge is 0.294 e. The van der Waals surface area contributed by atoms with Crippen LogP contribution in [0.25, 0.3) is 0 Å². The fourth-order valence-electron chi connectivity index (χ4n) is 1.48. The van der Waals surface area contributed by atoms with E-state index in [2.05, 4.69) is 0 Å². The molecule has 1 aromatic carbocycles. The Morgan fingerprint density at radius 1 is 1.29 bits per heavy atom. The molecule has 1 rings (SSSR count). The van der Waals surface area contributed by atoms with Crippen LogP contribution in [0.4, 0.5) is 17.6 Å². The molecule has 0 heterocycles. The first-order valence-electron chi connectivity index (χ1n) is 5.16. The van der Waals surface area contributed by atoms with Gasteiger partial charge in [0.15, 0.2) is 5.78 Å². The molecule has 0 atom stereocenters. The van der Waals surface area contributed by atoms with Gasteiger partial charge in [-0.15, -0.1) is 0 Å². The zero-order valence-electron chi connectivity index (χ0n) is 9.27. The number of carbonyl (C=O) groups is 1. The summed E-state index contributed by atoms with van der Waals surface area (Å²) in [6.45, 7) is 1.62. The van der Waals surface area contributed by atoms with E-state index in [0.29, 0.717) is 5.56 Å². The van der Waals surface area contributed by atoms with Gasteiger partial charge in [-0.25, -0.2) is 4.39 Å². The average Bonchev–Trinajstić information content (AvgIpc) is 2.19. The largest absolute Gasteiger partial charge is 0.389 e. The first kappa shape index (κ1) is 13.7. The van der Waals surface area contributed by atoms with E-state index >= 15 is 0 Å². The van der Waals surface area contributed by atoms with Crippen LogP contribution in [-0.4, -0.2) is 12.0 Å². The molecule has 0 fully saturated rings. The van der Waals surface area contributed by atoms with E-state index in [1.165, 1.54) is 12.1 Å². The summed E-state index contributed by atoms with van der Waals surface area (Å²) in [6, 6.07) is 3.71. The average molecular weight is 248 g/mol. The summed E-state index contributed by atoms with van der Waals surface area (Å²) in [7, 11) is 0. The maximum atomic E-state index is 12.9. The summed E-state index contributed by atoms with van der Waals surface area (Å²) in [5.74, 6) is -1.01. The molecule has 0 saturated carbocycles. The molecule has 0 N–H and O–H groups in total. The standard InChI is InChI=1S/C12H12F4O/c1-8-4-5-9(13)7-10(8)11(17)3-2-6-12(14,15)16/h4-5,7H,2-3,6H2,1H3. The second-order valence-corrected chi connectivity index (χ2v) is 3.85. The van der Waals surface area contributed by atoms with Gasteiger partial charge in [0.05, 0.1) is 0 Å². The Kier molecular flexibility index (Phi) is 4.26. The number of alkyl halides is 3. The second kappa shape index (κ2) is 5.29. The maximum absolute atomic E-state index is 12.9. The molecule has 5 heteroatoms. The van der Waals surface area contributed by atoms with E-state index in [1.807, 2.05) is 0 Å². The normalized spacial score (nSPS) is 11.6. The lowest BCUT2D eigenvalue weighted by Gasteiger charge is -2.07. The van der Waals surface area contributed by atoms with E-state index in [4.69, 9.17) is 0 Å². The summed E-state index contributed by atoms with van der Waals surface area (Å²) in [6.07, 6.45) is -5.73. The van der Waals surface area contributed by atoms with Gasteiger partial charge in [-0.3, -0.25) is 4.79 Å². The Labute approximate surface area is 96.4 Å². The summed E-state index contributed by atoms with van der Waals surface area (Å²) >= 11 is 0. The summed E-state index contributed by atoms with van der Waals surface area (Å²) in [4.78, 5) is 11.6. The highest BCUT2D eigenvalue weighted by atomic mass is 19.4. The van der Waals surface area contributed by atoms with Crippen molar-refractivity contribution in [3.05, 3.63) is 35.1 Å². The number of hydrogen-bond acceptors (Lipinski definition) is 1. The van der Waals surface area contributed by atoms with E-state index in [0.717, 1.165) is 6.07 Å². The number of halogens is 4. The van der Waals surface area contributed by atoms with Gasteiger partial charge in [0.1, 0.15) is 5.82 Å². The lowest BCUT2D eigenvalue weighted by Crippen LogP contribution is -2.09. The molecular weight excluding hydrogens is 236 g/mol. The van der Waals surface area contributed by atoms with Crippen molar-refractivity contribution in [1.82, 2.24) is 0 Å². The van der Waals surface area contributed by atoms with Gasteiger partial charge in [0.25, 0.3) is 0 Å². The van der Waals surface area contributed by atoms with Crippen molar-refractivity contribution >= 4 is 5.78 Å². The van der Waals surface area contributed by atoms with Crippen LogP contribution in [0.5, 0.6) is 0 Å². The predicted molar refractivity (Wildman–Crippen MR) is 55.4 cm³/mol. The van der Waals surface area contributed by atoms with Crippen molar-refractivity contribution in [2.75, 3.05) is 0 Å². The fourth-order valence-corrected chi connectivity index (χ4v) is 1.48. The summed E-state index contributed by atoms with van der Waals surface area (Å²) in [5.41, 5.74) is 0.732. The van der Waals surface area contributed by atoms with Gasteiger partial charge >= 0.3 is 6.18 Å². The van der Waals surface area contributed by atoms with Gasteiger partial charge in [-0.2, -0.15) is 13.2 Å². The molecule has 1 aromatic rings. The van der Waals surface area contributed by atoms with Gasteiger partial charge < -0.3 is 0 Å². The van der Waals surface area contributed by atoms with E-state index < -0.39 is 24.2 Å². The molecule has 0 aromatic heterocycles. The molecule has 0 saturated heterocycles. The molecule has 0 bridgehead atoms. The molecule has 0 unspecified atom stereocenters. The predicted octanol–water partition coefficient (Wildman–Crippen LogP) is 4.05. The van der Waals surface area contributed by atoms with Crippen molar-refractivity contribution in [2.45, 2.75) is 32.4 Å². The molecule has 0 amide bonds. The third kappa shape index (κ3) is 4.54.